The zero-order valence-electron chi connectivity index (χ0n) is 11.3. The highest BCUT2D eigenvalue weighted by Crippen LogP contribution is 2.23. The molecule has 0 saturated heterocycles. The lowest BCUT2D eigenvalue weighted by Gasteiger charge is -2.12. The van der Waals surface area contributed by atoms with Crippen LogP contribution in [0.5, 0.6) is 0 Å². The number of aromatic nitrogens is 1. The van der Waals surface area contributed by atoms with Crippen molar-refractivity contribution >= 4 is 17.1 Å². The summed E-state index contributed by atoms with van der Waals surface area (Å²) >= 11 is 0. The van der Waals surface area contributed by atoms with Crippen LogP contribution in [0.15, 0.2) is 52.9 Å². The van der Waals surface area contributed by atoms with E-state index in [1.807, 2.05) is 36.4 Å². The van der Waals surface area contributed by atoms with Gasteiger partial charge in [0, 0.05) is 6.54 Å². The van der Waals surface area contributed by atoms with Crippen molar-refractivity contribution in [1.82, 2.24) is 4.98 Å². The number of hydrogen-bond donors (Lipinski definition) is 2. The second-order valence-corrected chi connectivity index (χ2v) is 4.80. The summed E-state index contributed by atoms with van der Waals surface area (Å²) in [6.07, 6.45) is 0. The van der Waals surface area contributed by atoms with Gasteiger partial charge in [0.1, 0.15) is 5.52 Å². The van der Waals surface area contributed by atoms with Gasteiger partial charge in [-0.1, -0.05) is 36.4 Å². The zero-order valence-corrected chi connectivity index (χ0v) is 11.3. The first-order chi connectivity index (χ1) is 9.76. The number of nitrogens with one attached hydrogen (secondary N) is 1. The van der Waals surface area contributed by atoms with E-state index in [4.69, 9.17) is 10.2 Å². The van der Waals surface area contributed by atoms with Crippen molar-refractivity contribution in [3.8, 4) is 0 Å². The molecule has 0 amide bonds. The van der Waals surface area contributed by atoms with Gasteiger partial charge in [0.2, 0.25) is 0 Å². The van der Waals surface area contributed by atoms with Crippen LogP contribution in [0.25, 0.3) is 11.1 Å². The van der Waals surface area contributed by atoms with Crippen LogP contribution in [0.2, 0.25) is 0 Å². The normalized spacial score (nSPS) is 12.5. The van der Waals surface area contributed by atoms with E-state index in [1.165, 1.54) is 5.56 Å². The molecule has 1 aromatic heterocycles. The molecular formula is C16H17N3O. The van der Waals surface area contributed by atoms with E-state index in [1.54, 1.807) is 0 Å². The molecule has 0 bridgehead atoms. The molecule has 102 valence electrons. The molecule has 0 radical (unpaired) electrons. The molecular weight excluding hydrogens is 250 g/mol. The fourth-order valence-corrected chi connectivity index (χ4v) is 2.14. The lowest BCUT2D eigenvalue weighted by Crippen LogP contribution is -2.07. The SMILES string of the molecule is CC(Nc1nc2ccccc2o1)c1ccc(CN)cc1. The third kappa shape index (κ3) is 2.51. The van der Waals surface area contributed by atoms with Crippen molar-refractivity contribution < 1.29 is 4.42 Å². The number of oxazole rings is 1. The summed E-state index contributed by atoms with van der Waals surface area (Å²) in [5.41, 5.74) is 9.55. The molecule has 4 heteroatoms. The summed E-state index contributed by atoms with van der Waals surface area (Å²) in [5.74, 6) is 0. The highest BCUT2D eigenvalue weighted by molar-refractivity contribution is 5.74. The molecule has 1 atom stereocenters. The summed E-state index contributed by atoms with van der Waals surface area (Å²) in [6, 6.07) is 16.6. The van der Waals surface area contributed by atoms with Gasteiger partial charge >= 0.3 is 0 Å². The number of hydrogen-bond acceptors (Lipinski definition) is 4. The van der Waals surface area contributed by atoms with Gasteiger partial charge in [-0.05, 0) is 30.2 Å². The Balaban J connectivity index is 1.78. The lowest BCUT2D eigenvalue weighted by atomic mass is 10.1. The molecule has 1 unspecified atom stereocenters. The van der Waals surface area contributed by atoms with Crippen LogP contribution >= 0.6 is 0 Å². The minimum atomic E-state index is 0.120. The van der Waals surface area contributed by atoms with Gasteiger partial charge in [0.25, 0.3) is 6.01 Å². The topological polar surface area (TPSA) is 64.1 Å². The summed E-state index contributed by atoms with van der Waals surface area (Å²) in [7, 11) is 0. The van der Waals surface area contributed by atoms with Gasteiger partial charge in [-0.2, -0.15) is 4.98 Å². The average Bonchev–Trinajstić information content (AvgIpc) is 2.89. The summed E-state index contributed by atoms with van der Waals surface area (Å²) < 4.78 is 5.66. The van der Waals surface area contributed by atoms with Gasteiger partial charge in [-0.15, -0.1) is 0 Å². The second-order valence-electron chi connectivity index (χ2n) is 4.80. The Labute approximate surface area is 117 Å². The van der Waals surface area contributed by atoms with E-state index < -0.39 is 0 Å². The fourth-order valence-electron chi connectivity index (χ4n) is 2.14. The van der Waals surface area contributed by atoms with Crippen LogP contribution in [0.4, 0.5) is 6.01 Å². The number of para-hydroxylation sites is 2. The summed E-state index contributed by atoms with van der Waals surface area (Å²) in [6.45, 7) is 2.64. The third-order valence-corrected chi connectivity index (χ3v) is 3.35. The van der Waals surface area contributed by atoms with E-state index in [0.717, 1.165) is 16.7 Å². The predicted octanol–water partition coefficient (Wildman–Crippen LogP) is 3.46. The molecule has 3 rings (SSSR count). The Hall–Kier alpha value is -2.33. The van der Waals surface area contributed by atoms with E-state index in [2.05, 4.69) is 29.4 Å². The molecule has 4 nitrogen and oxygen atoms in total. The number of anilines is 1. The fraction of sp³-hybridized carbons (Fsp3) is 0.188. The van der Waals surface area contributed by atoms with Crippen LogP contribution in [-0.4, -0.2) is 4.98 Å². The van der Waals surface area contributed by atoms with E-state index in [-0.39, 0.29) is 6.04 Å². The number of rotatable bonds is 4. The quantitative estimate of drug-likeness (QED) is 0.759. The third-order valence-electron chi connectivity index (χ3n) is 3.35. The average molecular weight is 267 g/mol. The molecule has 3 N–H and O–H groups in total. The van der Waals surface area contributed by atoms with Gasteiger partial charge in [-0.3, -0.25) is 0 Å². The number of nitrogens with two attached hydrogens (primary N) is 1. The maximum atomic E-state index is 5.66. The maximum Gasteiger partial charge on any atom is 0.296 e. The first kappa shape index (κ1) is 12.7. The monoisotopic (exact) mass is 267 g/mol. The van der Waals surface area contributed by atoms with Crippen molar-refractivity contribution in [3.05, 3.63) is 59.7 Å². The number of benzene rings is 2. The van der Waals surface area contributed by atoms with Gasteiger partial charge in [-0.25, -0.2) is 0 Å². The number of fused-ring (bicyclic) bond motifs is 1. The predicted molar refractivity (Wildman–Crippen MR) is 80.4 cm³/mol. The van der Waals surface area contributed by atoms with Crippen molar-refractivity contribution in [2.75, 3.05) is 5.32 Å². The Kier molecular flexibility index (Phi) is 3.39. The van der Waals surface area contributed by atoms with Crippen LogP contribution < -0.4 is 11.1 Å². The van der Waals surface area contributed by atoms with E-state index in [0.29, 0.717) is 12.6 Å². The van der Waals surface area contributed by atoms with Crippen LogP contribution in [-0.2, 0) is 6.54 Å². The molecule has 0 fully saturated rings. The Morgan fingerprint density at radius 1 is 1.15 bits per heavy atom. The standard InChI is InChI=1S/C16H17N3O/c1-11(13-8-6-12(10-17)7-9-13)18-16-19-14-4-2-3-5-15(14)20-16/h2-9,11H,10,17H2,1H3,(H,18,19). The minimum Gasteiger partial charge on any atom is -0.424 e. The van der Waals surface area contributed by atoms with Gasteiger partial charge < -0.3 is 15.5 Å². The van der Waals surface area contributed by atoms with Crippen molar-refractivity contribution in [2.45, 2.75) is 19.5 Å². The van der Waals surface area contributed by atoms with Crippen LogP contribution in [0.1, 0.15) is 24.1 Å². The second kappa shape index (κ2) is 5.35. The first-order valence-corrected chi connectivity index (χ1v) is 6.67. The highest BCUT2D eigenvalue weighted by Gasteiger charge is 2.10. The Morgan fingerprint density at radius 2 is 1.90 bits per heavy atom. The molecule has 0 saturated carbocycles. The molecule has 0 aliphatic rings. The zero-order chi connectivity index (χ0) is 13.9. The molecule has 20 heavy (non-hydrogen) atoms. The maximum absolute atomic E-state index is 5.66. The lowest BCUT2D eigenvalue weighted by molar-refractivity contribution is 0.604. The molecule has 0 aliphatic carbocycles. The van der Waals surface area contributed by atoms with Crippen molar-refractivity contribution in [1.29, 1.82) is 0 Å². The molecule has 2 aromatic carbocycles. The Morgan fingerprint density at radius 3 is 2.60 bits per heavy atom. The van der Waals surface area contributed by atoms with Crippen molar-refractivity contribution in [2.24, 2.45) is 5.73 Å². The van der Waals surface area contributed by atoms with Crippen LogP contribution in [0.3, 0.4) is 0 Å². The smallest absolute Gasteiger partial charge is 0.296 e. The molecule has 3 aromatic rings. The first-order valence-electron chi connectivity index (χ1n) is 6.67. The minimum absolute atomic E-state index is 0.120. The van der Waals surface area contributed by atoms with E-state index in [9.17, 15) is 0 Å². The molecule has 0 aliphatic heterocycles. The summed E-state index contributed by atoms with van der Waals surface area (Å²) in [4.78, 5) is 4.41. The number of nitrogens with zero attached hydrogens (tertiary/aromatic N) is 1. The Bertz CT molecular complexity index is 670. The van der Waals surface area contributed by atoms with Crippen LogP contribution in [0, 0.1) is 0 Å². The highest BCUT2D eigenvalue weighted by atomic mass is 16.4. The van der Waals surface area contributed by atoms with Gasteiger partial charge in [0.15, 0.2) is 5.58 Å². The van der Waals surface area contributed by atoms with E-state index >= 15 is 0 Å². The summed E-state index contributed by atoms with van der Waals surface area (Å²) in [5, 5.41) is 3.28. The largest absolute Gasteiger partial charge is 0.424 e. The van der Waals surface area contributed by atoms with Crippen molar-refractivity contribution in [3.63, 3.8) is 0 Å². The molecule has 1 heterocycles. The van der Waals surface area contributed by atoms with Gasteiger partial charge in [0.05, 0.1) is 6.04 Å². The molecule has 0 spiro atoms.